The third-order valence-corrected chi connectivity index (χ3v) is 21.2. The minimum absolute atomic E-state index is 1.10. The van der Waals surface area contributed by atoms with Gasteiger partial charge in [0.2, 0.25) is 0 Å². The summed E-state index contributed by atoms with van der Waals surface area (Å²) in [6.45, 7) is -2.35. The van der Waals surface area contributed by atoms with Gasteiger partial charge in [-0.15, -0.1) is 0 Å². The van der Waals surface area contributed by atoms with Crippen LogP contribution in [0, 0.1) is 0 Å². The molecule has 1 heterocycles. The predicted octanol–water partition coefficient (Wildman–Crippen LogP) is 9.35. The van der Waals surface area contributed by atoms with E-state index in [1.807, 2.05) is 0 Å². The molecule has 0 aromatic heterocycles. The van der Waals surface area contributed by atoms with Gasteiger partial charge >= 0.3 is 0 Å². The average Bonchev–Trinajstić information content (AvgIpc) is 3.54. The maximum Gasteiger partial charge on any atom is 0.149 e. The van der Waals surface area contributed by atoms with Crippen molar-refractivity contribution in [1.29, 1.82) is 0 Å². The Kier molecular flexibility index (Phi) is 8.74. The first kappa shape index (κ1) is 31.2. The van der Waals surface area contributed by atoms with E-state index in [2.05, 4.69) is 216 Å². The smallest absolute Gasteiger partial charge is 0.0622 e. The quantitative estimate of drug-likeness (QED) is 0.143. The summed E-state index contributed by atoms with van der Waals surface area (Å²) in [5.74, 6) is 0. The molecule has 0 saturated carbocycles. The Morgan fingerprint density at radius 2 is 0.750 bits per heavy atom. The van der Waals surface area contributed by atoms with E-state index in [0.29, 0.717) is 0 Å². The van der Waals surface area contributed by atoms with Gasteiger partial charge in [0.25, 0.3) is 0 Å². The number of rotatable bonds is 7. The van der Waals surface area contributed by atoms with Crippen LogP contribution in [0.5, 0.6) is 0 Å². The molecule has 0 saturated heterocycles. The highest BCUT2D eigenvalue weighted by molar-refractivity contribution is 9.10. The first-order valence-electron chi connectivity index (χ1n) is 16.1. The normalized spacial score (nSPS) is 13.1. The van der Waals surface area contributed by atoms with Gasteiger partial charge in [-0.05, 0) is 85.6 Å². The Morgan fingerprint density at radius 1 is 0.396 bits per heavy atom. The van der Waals surface area contributed by atoms with Gasteiger partial charge in [0.05, 0.1) is 0 Å². The van der Waals surface area contributed by atoms with E-state index in [0.717, 1.165) is 4.47 Å². The highest BCUT2D eigenvalue weighted by atomic mass is 79.9. The van der Waals surface area contributed by atoms with Gasteiger partial charge in [-0.1, -0.05) is 162 Å². The molecule has 7 aromatic rings. The molecule has 7 aromatic carbocycles. The van der Waals surface area contributed by atoms with Gasteiger partial charge in [-0.2, -0.15) is 0 Å². The van der Waals surface area contributed by atoms with Crippen molar-refractivity contribution in [2.45, 2.75) is 0 Å². The van der Waals surface area contributed by atoms with Crippen molar-refractivity contribution in [3.63, 3.8) is 0 Å². The summed E-state index contributed by atoms with van der Waals surface area (Å²) in [6.07, 6.45) is 0. The zero-order chi connectivity index (χ0) is 32.4. The molecule has 8 rings (SSSR count). The van der Waals surface area contributed by atoms with Crippen LogP contribution in [0.2, 0.25) is 0 Å². The van der Waals surface area contributed by atoms with Crippen LogP contribution in [-0.4, -0.2) is 10.1 Å². The standard InChI is InChI=1S/C44H33BrP3/c45-34-31-32-41-42(33-34)44(48(38-25-13-4-14-26-38,39-27-15-5-16-28-39)40-29-17-6-18-30-40)46-43(41)47(35-19-7-1-8-20-35,36-21-9-2-10-22-36)37-23-11-3-12-24-37/h1-33H/q+1. The Hall–Kier alpha value is -4.08. The first-order chi connectivity index (χ1) is 23.7. The van der Waals surface area contributed by atoms with Crippen LogP contribution in [0.3, 0.4) is 0 Å². The fourth-order valence-electron chi connectivity index (χ4n) is 7.17. The van der Waals surface area contributed by atoms with Gasteiger partial charge in [0.1, 0.15) is 28.2 Å². The fraction of sp³-hybridized carbons (Fsp3) is 0. The minimum Gasteiger partial charge on any atom is -0.0622 e. The Balaban J connectivity index is 1.63. The summed E-state index contributed by atoms with van der Waals surface area (Å²) in [6, 6.07) is 74.8. The molecular formula is C44H33BrP3+. The van der Waals surface area contributed by atoms with Gasteiger partial charge in [-0.25, -0.2) is 0 Å². The number of benzene rings is 7. The summed E-state index contributed by atoms with van der Waals surface area (Å²) in [7, 11) is -1.08. The molecule has 0 atom stereocenters. The highest BCUT2D eigenvalue weighted by Crippen LogP contribution is 2.65. The molecule has 1 aliphatic rings. The molecule has 0 radical (unpaired) electrons. The zero-order valence-corrected chi connectivity index (χ0v) is 30.5. The van der Waals surface area contributed by atoms with Gasteiger partial charge in [0.15, 0.2) is 0 Å². The largest absolute Gasteiger partial charge is 0.149 e. The maximum atomic E-state index is 3.93. The Morgan fingerprint density at radius 3 is 1.12 bits per heavy atom. The lowest BCUT2D eigenvalue weighted by atomic mass is 10.1. The summed E-state index contributed by atoms with van der Waals surface area (Å²) in [4.78, 5) is 0. The molecule has 0 aliphatic carbocycles. The molecule has 48 heavy (non-hydrogen) atoms. The molecule has 0 amide bonds. The molecule has 0 spiro atoms. The van der Waals surface area contributed by atoms with Crippen LogP contribution in [-0.2, 0) is 0 Å². The second-order valence-electron chi connectivity index (χ2n) is 11.8. The van der Waals surface area contributed by atoms with Gasteiger partial charge in [0, 0.05) is 20.6 Å². The van der Waals surface area contributed by atoms with Crippen LogP contribution in [0.1, 0.15) is 11.1 Å². The second-order valence-corrected chi connectivity index (χ2v) is 21.2. The fourth-order valence-corrected chi connectivity index (χ4v) is 20.5. The second kappa shape index (κ2) is 13.4. The molecular weight excluding hydrogens is 701 g/mol. The molecule has 0 unspecified atom stereocenters. The SMILES string of the molecule is Brc1ccc2c(c1)C(=P(c1ccccc1)(c1ccccc1)c1ccccc1)P=C2[P+](c1ccccc1)(c1ccccc1)c1ccccc1. The van der Waals surface area contributed by atoms with Crippen molar-refractivity contribution in [2.24, 2.45) is 0 Å². The number of hydrogen-bond acceptors (Lipinski definition) is 0. The zero-order valence-electron chi connectivity index (χ0n) is 26.3. The Labute approximate surface area is 294 Å². The molecule has 230 valence electrons. The van der Waals surface area contributed by atoms with Crippen LogP contribution in [0.4, 0.5) is 0 Å². The van der Waals surface area contributed by atoms with E-state index in [1.54, 1.807) is 0 Å². The minimum atomic E-state index is -2.35. The lowest BCUT2D eigenvalue weighted by molar-refractivity contribution is 1.61. The van der Waals surface area contributed by atoms with E-state index in [1.165, 1.54) is 61.2 Å². The van der Waals surface area contributed by atoms with Crippen LogP contribution in [0.25, 0.3) is 0 Å². The Bertz CT molecular complexity index is 2070. The summed E-state index contributed by atoms with van der Waals surface area (Å²) in [5, 5.41) is 11.2. The van der Waals surface area contributed by atoms with Gasteiger partial charge in [-0.3, -0.25) is 0 Å². The van der Waals surface area contributed by atoms with Crippen molar-refractivity contribution < 1.29 is 0 Å². The molecule has 1 aliphatic heterocycles. The van der Waals surface area contributed by atoms with Crippen molar-refractivity contribution in [3.8, 4) is 0 Å². The molecule has 4 heteroatoms. The molecule has 0 nitrogen and oxygen atoms in total. The summed E-state index contributed by atoms with van der Waals surface area (Å²) >= 11 is 3.93. The van der Waals surface area contributed by atoms with Crippen LogP contribution >= 0.6 is 38.3 Å². The third-order valence-electron chi connectivity index (χ3n) is 9.17. The number of fused-ring (bicyclic) bond motifs is 1. The molecule has 0 fully saturated rings. The lowest BCUT2D eigenvalue weighted by Gasteiger charge is -2.31. The monoisotopic (exact) mass is 733 g/mol. The van der Waals surface area contributed by atoms with Gasteiger partial charge < -0.3 is 0 Å². The van der Waals surface area contributed by atoms with Crippen LogP contribution in [0.15, 0.2) is 205 Å². The van der Waals surface area contributed by atoms with E-state index < -0.39 is 14.1 Å². The molecule has 0 N–H and O–H groups in total. The van der Waals surface area contributed by atoms with Crippen molar-refractivity contribution in [1.82, 2.24) is 0 Å². The lowest BCUT2D eigenvalue weighted by Crippen LogP contribution is -2.36. The maximum absolute atomic E-state index is 3.93. The van der Waals surface area contributed by atoms with Crippen LogP contribution < -0.4 is 31.8 Å². The van der Waals surface area contributed by atoms with Crippen molar-refractivity contribution in [2.75, 3.05) is 0 Å². The third kappa shape index (κ3) is 5.13. The van der Waals surface area contributed by atoms with Crippen molar-refractivity contribution in [3.05, 3.63) is 216 Å². The summed E-state index contributed by atoms with van der Waals surface area (Å²) in [5.41, 5.74) is 2.70. The highest BCUT2D eigenvalue weighted by Gasteiger charge is 2.53. The van der Waals surface area contributed by atoms with E-state index in [4.69, 9.17) is 0 Å². The first-order valence-corrected chi connectivity index (χ1v) is 21.4. The van der Waals surface area contributed by atoms with E-state index in [-0.39, 0.29) is 0 Å². The van der Waals surface area contributed by atoms with E-state index >= 15 is 0 Å². The van der Waals surface area contributed by atoms with Crippen molar-refractivity contribution >= 4 is 80.2 Å². The van der Waals surface area contributed by atoms with E-state index in [9.17, 15) is 0 Å². The average molecular weight is 735 g/mol. The topological polar surface area (TPSA) is 0 Å². The number of halogens is 1. The summed E-state index contributed by atoms with van der Waals surface area (Å²) < 4.78 is 1.10. The predicted molar refractivity (Wildman–Crippen MR) is 220 cm³/mol. The molecule has 0 bridgehead atoms. The number of hydrogen-bond donors (Lipinski definition) is 0.